The van der Waals surface area contributed by atoms with E-state index >= 15 is 0 Å². The lowest BCUT2D eigenvalue weighted by atomic mass is 9.83. The van der Waals surface area contributed by atoms with E-state index < -0.39 is 11.5 Å². The lowest BCUT2D eigenvalue weighted by molar-refractivity contribution is -0.133. The van der Waals surface area contributed by atoms with Gasteiger partial charge in [-0.3, -0.25) is 0 Å². The van der Waals surface area contributed by atoms with Crippen LogP contribution in [0, 0.1) is 0 Å². The van der Waals surface area contributed by atoms with Gasteiger partial charge in [-0.25, -0.2) is 4.79 Å². The molecule has 3 nitrogen and oxygen atoms in total. The Kier molecular flexibility index (Phi) is 2.76. The van der Waals surface area contributed by atoms with Gasteiger partial charge < -0.3 is 10.4 Å². The quantitative estimate of drug-likeness (QED) is 0.783. The molecule has 0 spiro atoms. The van der Waals surface area contributed by atoms with Gasteiger partial charge in [0.25, 0.3) is 0 Å². The molecule has 2 N–H and O–H groups in total. The third-order valence-corrected chi connectivity index (χ3v) is 3.05. The van der Waals surface area contributed by atoms with Crippen molar-refractivity contribution < 1.29 is 9.90 Å². The van der Waals surface area contributed by atoms with Gasteiger partial charge in [-0.2, -0.15) is 0 Å². The van der Waals surface area contributed by atoms with Crippen LogP contribution >= 0.6 is 0 Å². The van der Waals surface area contributed by atoms with E-state index in [1.807, 2.05) is 31.2 Å². The van der Waals surface area contributed by atoms with E-state index in [1.54, 1.807) is 12.2 Å². The number of nitrogens with one attached hydrogen (secondary N) is 1. The molecule has 1 heterocycles. The second kappa shape index (κ2) is 4.09. The lowest BCUT2D eigenvalue weighted by Crippen LogP contribution is -2.41. The molecule has 17 heavy (non-hydrogen) atoms. The van der Waals surface area contributed by atoms with Crippen LogP contribution < -0.4 is 5.32 Å². The highest BCUT2D eigenvalue weighted by Gasteiger charge is 2.35. The highest BCUT2D eigenvalue weighted by molar-refractivity contribution is 5.98. The molecule has 1 aliphatic rings. The Bertz CT molecular complexity index is 505. The van der Waals surface area contributed by atoms with Crippen molar-refractivity contribution >= 4 is 17.7 Å². The smallest absolute Gasteiger partial charge is 0.333 e. The van der Waals surface area contributed by atoms with Crippen molar-refractivity contribution in [2.24, 2.45) is 0 Å². The first-order valence-corrected chi connectivity index (χ1v) is 5.50. The molecule has 1 aliphatic heterocycles. The van der Waals surface area contributed by atoms with Gasteiger partial charge in [0, 0.05) is 5.69 Å². The maximum atomic E-state index is 11.3. The van der Waals surface area contributed by atoms with Gasteiger partial charge in [-0.05, 0) is 31.1 Å². The van der Waals surface area contributed by atoms with Crippen LogP contribution in [0.5, 0.6) is 0 Å². The number of rotatable bonds is 3. The largest absolute Gasteiger partial charge is 0.478 e. The highest BCUT2D eigenvalue weighted by atomic mass is 16.4. The molecule has 1 unspecified atom stereocenters. The summed E-state index contributed by atoms with van der Waals surface area (Å²) in [7, 11) is 0. The predicted octanol–water partition coefficient (Wildman–Crippen LogP) is 2.91. The third-order valence-electron chi connectivity index (χ3n) is 3.05. The van der Waals surface area contributed by atoms with E-state index in [-0.39, 0.29) is 0 Å². The molecule has 0 aromatic heterocycles. The van der Waals surface area contributed by atoms with Gasteiger partial charge in [-0.15, -0.1) is 6.58 Å². The van der Waals surface area contributed by atoms with Crippen molar-refractivity contribution in [1.82, 2.24) is 0 Å². The van der Waals surface area contributed by atoms with E-state index in [2.05, 4.69) is 11.9 Å². The fourth-order valence-electron chi connectivity index (χ4n) is 2.16. The van der Waals surface area contributed by atoms with Crippen LogP contribution in [0.25, 0.3) is 6.08 Å². The average molecular weight is 229 g/mol. The van der Waals surface area contributed by atoms with Gasteiger partial charge >= 0.3 is 5.97 Å². The summed E-state index contributed by atoms with van der Waals surface area (Å²) in [5.41, 5.74) is 1.64. The first-order chi connectivity index (χ1) is 8.07. The Balaban J connectivity index is 2.54. The van der Waals surface area contributed by atoms with Crippen molar-refractivity contribution in [3.05, 3.63) is 48.1 Å². The van der Waals surface area contributed by atoms with Crippen molar-refractivity contribution in [3.63, 3.8) is 0 Å². The first kappa shape index (κ1) is 11.5. The molecule has 0 fully saturated rings. The molecule has 2 rings (SSSR count). The lowest BCUT2D eigenvalue weighted by Gasteiger charge is -2.35. The molecule has 0 radical (unpaired) electrons. The number of hydrogen-bond donors (Lipinski definition) is 2. The molecule has 0 bridgehead atoms. The molecular weight excluding hydrogens is 214 g/mol. The van der Waals surface area contributed by atoms with Crippen LogP contribution in [-0.4, -0.2) is 16.6 Å². The zero-order valence-corrected chi connectivity index (χ0v) is 9.73. The van der Waals surface area contributed by atoms with Crippen LogP contribution in [0.2, 0.25) is 0 Å². The number of aliphatic carboxylic acids is 1. The minimum absolute atomic E-state index is 0.371. The number of anilines is 1. The summed E-state index contributed by atoms with van der Waals surface area (Å²) in [6, 6.07) is 7.68. The van der Waals surface area contributed by atoms with Gasteiger partial charge in [-0.1, -0.05) is 24.3 Å². The molecular formula is C14H15NO2. The second-order valence-electron chi connectivity index (χ2n) is 4.40. The van der Waals surface area contributed by atoms with Gasteiger partial charge in [0.15, 0.2) is 0 Å². The normalized spacial score (nSPS) is 22.1. The number of benzene rings is 1. The summed E-state index contributed by atoms with van der Waals surface area (Å²) in [6.07, 6.45) is 4.04. The number of carboxylic acid groups (broad SMARTS) is 1. The minimum Gasteiger partial charge on any atom is -0.478 e. The zero-order chi connectivity index (χ0) is 12.5. The summed E-state index contributed by atoms with van der Waals surface area (Å²) < 4.78 is 0. The molecule has 0 saturated heterocycles. The van der Waals surface area contributed by atoms with Crippen LogP contribution in [-0.2, 0) is 4.79 Å². The number of para-hydroxylation sites is 1. The van der Waals surface area contributed by atoms with E-state index in [1.165, 1.54) is 0 Å². The number of hydrogen-bond acceptors (Lipinski definition) is 2. The van der Waals surface area contributed by atoms with E-state index in [0.717, 1.165) is 11.3 Å². The summed E-state index contributed by atoms with van der Waals surface area (Å²) in [5.74, 6) is -0.892. The molecule has 1 aromatic carbocycles. The fraction of sp³-hybridized carbons (Fsp3) is 0.214. The summed E-state index contributed by atoms with van der Waals surface area (Å²) in [5, 5.41) is 12.6. The van der Waals surface area contributed by atoms with E-state index in [9.17, 15) is 9.90 Å². The Labute approximate surface area is 100 Å². The molecule has 88 valence electrons. The number of carboxylic acids is 1. The van der Waals surface area contributed by atoms with Crippen molar-refractivity contribution in [2.45, 2.75) is 18.9 Å². The Morgan fingerprint density at radius 2 is 2.24 bits per heavy atom. The maximum Gasteiger partial charge on any atom is 0.333 e. The number of fused-ring (bicyclic) bond motifs is 1. The van der Waals surface area contributed by atoms with Gasteiger partial charge in [0.05, 0.1) is 11.1 Å². The fourth-order valence-corrected chi connectivity index (χ4v) is 2.16. The summed E-state index contributed by atoms with van der Waals surface area (Å²) in [6.45, 7) is 5.57. The van der Waals surface area contributed by atoms with E-state index in [0.29, 0.717) is 12.0 Å². The Morgan fingerprint density at radius 3 is 2.88 bits per heavy atom. The predicted molar refractivity (Wildman–Crippen MR) is 68.9 cm³/mol. The van der Waals surface area contributed by atoms with E-state index in [4.69, 9.17) is 0 Å². The van der Waals surface area contributed by atoms with Crippen LogP contribution in [0.4, 0.5) is 5.69 Å². The Hall–Kier alpha value is -2.03. The summed E-state index contributed by atoms with van der Waals surface area (Å²) >= 11 is 0. The topological polar surface area (TPSA) is 49.3 Å². The molecule has 1 atom stereocenters. The first-order valence-electron chi connectivity index (χ1n) is 5.50. The third kappa shape index (κ3) is 1.96. The average Bonchev–Trinajstić information content (AvgIpc) is 2.27. The Morgan fingerprint density at radius 1 is 1.53 bits per heavy atom. The monoisotopic (exact) mass is 229 g/mol. The molecule has 3 heteroatoms. The molecule has 0 saturated carbocycles. The van der Waals surface area contributed by atoms with Crippen molar-refractivity contribution in [3.8, 4) is 0 Å². The van der Waals surface area contributed by atoms with Gasteiger partial charge in [0.2, 0.25) is 0 Å². The molecule has 0 aliphatic carbocycles. The van der Waals surface area contributed by atoms with Crippen LogP contribution in [0.3, 0.4) is 0 Å². The van der Waals surface area contributed by atoms with Crippen LogP contribution in [0.15, 0.2) is 42.5 Å². The van der Waals surface area contributed by atoms with Crippen molar-refractivity contribution in [2.75, 3.05) is 5.32 Å². The minimum atomic E-state index is -0.892. The van der Waals surface area contributed by atoms with Crippen molar-refractivity contribution in [1.29, 1.82) is 0 Å². The standard InChI is InChI=1S/C14H15NO2/c1-3-8-14(2)11(13(16)17)9-10-6-4-5-7-12(10)15-14/h3-7,9,15H,1,8H2,2H3,(H,16,17). The highest BCUT2D eigenvalue weighted by Crippen LogP contribution is 2.35. The maximum absolute atomic E-state index is 11.3. The van der Waals surface area contributed by atoms with Crippen LogP contribution in [0.1, 0.15) is 18.9 Å². The zero-order valence-electron chi connectivity index (χ0n) is 9.73. The number of carbonyl (C=O) groups is 1. The SMILES string of the molecule is C=CCC1(C)Nc2ccccc2C=C1C(=O)O. The summed E-state index contributed by atoms with van der Waals surface area (Å²) in [4.78, 5) is 11.3. The second-order valence-corrected chi connectivity index (χ2v) is 4.40. The molecule has 0 amide bonds. The molecule has 1 aromatic rings. The van der Waals surface area contributed by atoms with Gasteiger partial charge in [0.1, 0.15) is 0 Å².